The van der Waals surface area contributed by atoms with Gasteiger partial charge < -0.3 is 9.73 Å². The second kappa shape index (κ2) is 5.42. The Morgan fingerprint density at radius 3 is 2.89 bits per heavy atom. The van der Waals surface area contributed by atoms with E-state index in [1.165, 1.54) is 6.39 Å². The molecule has 0 saturated heterocycles. The lowest BCUT2D eigenvalue weighted by Crippen LogP contribution is -2.14. The summed E-state index contributed by atoms with van der Waals surface area (Å²) >= 11 is 11.8. The highest BCUT2D eigenvalue weighted by Crippen LogP contribution is 2.25. The number of hydrogen-bond acceptors (Lipinski definition) is 3. The zero-order valence-corrected chi connectivity index (χ0v) is 11.0. The lowest BCUT2D eigenvalue weighted by atomic mass is 10.2. The van der Waals surface area contributed by atoms with Crippen LogP contribution in [0.2, 0.25) is 10.0 Å². The number of rotatable bonds is 3. The number of amides is 1. The first-order chi connectivity index (χ1) is 8.56. The van der Waals surface area contributed by atoms with Crippen LogP contribution >= 0.6 is 23.2 Å². The van der Waals surface area contributed by atoms with Crippen molar-refractivity contribution in [3.8, 4) is 0 Å². The topological polar surface area (TPSA) is 55.1 Å². The predicted octanol–water partition coefficient (Wildman–Crippen LogP) is 3.47. The number of benzene rings is 1. The third-order valence-electron chi connectivity index (χ3n) is 2.37. The SMILES string of the molecule is Cc1ncoc1CC(=O)Nc1cc(Cl)ccc1Cl. The van der Waals surface area contributed by atoms with E-state index in [2.05, 4.69) is 10.3 Å². The molecule has 0 atom stereocenters. The van der Waals surface area contributed by atoms with Gasteiger partial charge >= 0.3 is 0 Å². The van der Waals surface area contributed by atoms with Crippen LogP contribution in [0.1, 0.15) is 11.5 Å². The molecule has 1 aromatic carbocycles. The van der Waals surface area contributed by atoms with Gasteiger partial charge in [0.15, 0.2) is 6.39 Å². The molecule has 0 spiro atoms. The maximum Gasteiger partial charge on any atom is 0.232 e. The smallest absolute Gasteiger partial charge is 0.232 e. The molecule has 0 unspecified atom stereocenters. The molecule has 2 aromatic rings. The maximum atomic E-state index is 11.8. The van der Waals surface area contributed by atoms with Gasteiger partial charge in [-0.1, -0.05) is 23.2 Å². The molecule has 94 valence electrons. The highest BCUT2D eigenvalue weighted by molar-refractivity contribution is 6.35. The maximum absolute atomic E-state index is 11.8. The first-order valence-corrected chi connectivity index (χ1v) is 5.95. The summed E-state index contributed by atoms with van der Waals surface area (Å²) in [6.45, 7) is 1.78. The Bertz CT molecular complexity index is 581. The van der Waals surface area contributed by atoms with Gasteiger partial charge in [0.2, 0.25) is 5.91 Å². The van der Waals surface area contributed by atoms with Crippen LogP contribution < -0.4 is 5.32 Å². The molecule has 0 aliphatic heterocycles. The van der Waals surface area contributed by atoms with E-state index in [0.29, 0.717) is 27.2 Å². The normalized spacial score (nSPS) is 10.4. The highest BCUT2D eigenvalue weighted by atomic mass is 35.5. The minimum atomic E-state index is -0.237. The van der Waals surface area contributed by atoms with E-state index in [1.54, 1.807) is 25.1 Å². The molecular formula is C12H10Cl2N2O2. The van der Waals surface area contributed by atoms with E-state index < -0.39 is 0 Å². The van der Waals surface area contributed by atoms with Crippen molar-refractivity contribution < 1.29 is 9.21 Å². The van der Waals surface area contributed by atoms with Crippen LogP contribution in [-0.2, 0) is 11.2 Å². The van der Waals surface area contributed by atoms with Crippen LogP contribution in [0.15, 0.2) is 29.0 Å². The van der Waals surface area contributed by atoms with Crippen molar-refractivity contribution in [2.75, 3.05) is 5.32 Å². The number of hydrogen-bond donors (Lipinski definition) is 1. The first-order valence-electron chi connectivity index (χ1n) is 5.20. The van der Waals surface area contributed by atoms with Crippen molar-refractivity contribution in [1.29, 1.82) is 0 Å². The summed E-state index contributed by atoms with van der Waals surface area (Å²) in [6.07, 6.45) is 1.42. The van der Waals surface area contributed by atoms with Gasteiger partial charge in [0.05, 0.1) is 22.8 Å². The number of aryl methyl sites for hydroxylation is 1. The zero-order chi connectivity index (χ0) is 13.1. The molecule has 0 bridgehead atoms. The van der Waals surface area contributed by atoms with Crippen molar-refractivity contribution >= 4 is 34.8 Å². The minimum Gasteiger partial charge on any atom is -0.448 e. The van der Waals surface area contributed by atoms with E-state index in [4.69, 9.17) is 27.6 Å². The minimum absolute atomic E-state index is 0.106. The van der Waals surface area contributed by atoms with Crippen molar-refractivity contribution in [1.82, 2.24) is 4.98 Å². The Morgan fingerprint density at radius 2 is 2.22 bits per heavy atom. The molecule has 1 amide bonds. The Morgan fingerprint density at radius 1 is 1.44 bits per heavy atom. The third-order valence-corrected chi connectivity index (χ3v) is 2.93. The Balaban J connectivity index is 2.08. The Labute approximate surface area is 114 Å². The van der Waals surface area contributed by atoms with Crippen LogP contribution in [0.3, 0.4) is 0 Å². The summed E-state index contributed by atoms with van der Waals surface area (Å²) in [4.78, 5) is 15.7. The molecule has 0 aliphatic carbocycles. The van der Waals surface area contributed by atoms with Gasteiger partial charge in [-0.25, -0.2) is 4.98 Å². The fourth-order valence-electron chi connectivity index (χ4n) is 1.43. The van der Waals surface area contributed by atoms with Gasteiger partial charge in [0.1, 0.15) is 5.76 Å². The molecule has 1 N–H and O–H groups in total. The van der Waals surface area contributed by atoms with Crippen molar-refractivity contribution in [2.45, 2.75) is 13.3 Å². The van der Waals surface area contributed by atoms with E-state index in [1.807, 2.05) is 0 Å². The number of oxazole rings is 1. The quantitative estimate of drug-likeness (QED) is 0.939. The van der Waals surface area contributed by atoms with E-state index >= 15 is 0 Å². The zero-order valence-electron chi connectivity index (χ0n) is 9.54. The van der Waals surface area contributed by atoms with Gasteiger partial charge in [-0.15, -0.1) is 0 Å². The Kier molecular flexibility index (Phi) is 3.89. The van der Waals surface area contributed by atoms with Crippen molar-refractivity contribution in [3.05, 3.63) is 46.1 Å². The summed E-state index contributed by atoms with van der Waals surface area (Å²) in [5.41, 5.74) is 1.17. The second-order valence-corrected chi connectivity index (χ2v) is 4.55. The Hall–Kier alpha value is -1.52. The van der Waals surface area contributed by atoms with Gasteiger partial charge in [0.25, 0.3) is 0 Å². The fraction of sp³-hybridized carbons (Fsp3) is 0.167. The molecule has 4 nitrogen and oxygen atoms in total. The van der Waals surface area contributed by atoms with Gasteiger partial charge in [-0.05, 0) is 25.1 Å². The predicted molar refractivity (Wildman–Crippen MR) is 70.0 cm³/mol. The van der Waals surface area contributed by atoms with Crippen LogP contribution in [-0.4, -0.2) is 10.9 Å². The molecule has 0 saturated carbocycles. The summed E-state index contributed by atoms with van der Waals surface area (Å²) in [5, 5.41) is 3.61. The molecular weight excluding hydrogens is 275 g/mol. The summed E-state index contributed by atoms with van der Waals surface area (Å²) in [5.74, 6) is 0.296. The average molecular weight is 285 g/mol. The molecule has 0 aliphatic rings. The van der Waals surface area contributed by atoms with Crippen molar-refractivity contribution in [2.24, 2.45) is 0 Å². The van der Waals surface area contributed by atoms with E-state index in [-0.39, 0.29) is 12.3 Å². The summed E-state index contributed by atoms with van der Waals surface area (Å²) < 4.78 is 5.10. The molecule has 1 heterocycles. The lowest BCUT2D eigenvalue weighted by Gasteiger charge is -2.06. The number of halogens is 2. The molecule has 0 fully saturated rings. The number of anilines is 1. The lowest BCUT2D eigenvalue weighted by molar-refractivity contribution is -0.115. The molecule has 6 heteroatoms. The number of carbonyl (C=O) groups excluding carboxylic acids is 1. The largest absolute Gasteiger partial charge is 0.448 e. The highest BCUT2D eigenvalue weighted by Gasteiger charge is 2.11. The van der Waals surface area contributed by atoms with E-state index in [0.717, 1.165) is 0 Å². The second-order valence-electron chi connectivity index (χ2n) is 3.71. The molecule has 0 radical (unpaired) electrons. The fourth-order valence-corrected chi connectivity index (χ4v) is 1.77. The third kappa shape index (κ3) is 3.03. The van der Waals surface area contributed by atoms with Crippen LogP contribution in [0.4, 0.5) is 5.69 Å². The van der Waals surface area contributed by atoms with Crippen LogP contribution in [0, 0.1) is 6.92 Å². The molecule has 18 heavy (non-hydrogen) atoms. The number of carbonyl (C=O) groups is 1. The summed E-state index contributed by atoms with van der Waals surface area (Å²) in [6, 6.07) is 4.87. The van der Waals surface area contributed by atoms with Crippen molar-refractivity contribution in [3.63, 3.8) is 0 Å². The number of nitrogens with one attached hydrogen (secondary N) is 1. The van der Waals surface area contributed by atoms with Crippen LogP contribution in [0.5, 0.6) is 0 Å². The van der Waals surface area contributed by atoms with Crippen LogP contribution in [0.25, 0.3) is 0 Å². The van der Waals surface area contributed by atoms with Gasteiger partial charge in [-0.3, -0.25) is 4.79 Å². The van der Waals surface area contributed by atoms with Gasteiger partial charge in [0, 0.05) is 5.02 Å². The van der Waals surface area contributed by atoms with E-state index in [9.17, 15) is 4.79 Å². The summed E-state index contributed by atoms with van der Waals surface area (Å²) in [7, 11) is 0. The molecule has 2 rings (SSSR count). The van der Waals surface area contributed by atoms with Gasteiger partial charge in [-0.2, -0.15) is 0 Å². The standard InChI is InChI=1S/C12H10Cl2N2O2/c1-7-11(18-6-15-7)5-12(17)16-10-4-8(13)2-3-9(10)14/h2-4,6H,5H2,1H3,(H,16,17). The molecule has 1 aromatic heterocycles. The number of aromatic nitrogens is 1. The monoisotopic (exact) mass is 284 g/mol. The number of nitrogens with zero attached hydrogens (tertiary/aromatic N) is 1. The first kappa shape index (κ1) is 12.9. The average Bonchev–Trinajstić information content (AvgIpc) is 2.70.